The van der Waals surface area contributed by atoms with E-state index in [2.05, 4.69) is 100 Å². The number of hydrogen-bond donors (Lipinski definition) is 1. The van der Waals surface area contributed by atoms with Crippen molar-refractivity contribution in [3.05, 3.63) is 155 Å². The number of hydrogen-bond acceptors (Lipinski definition) is 8. The summed E-state index contributed by atoms with van der Waals surface area (Å²) in [4.78, 5) is 20.1. The van der Waals surface area contributed by atoms with Crippen LogP contribution in [0.2, 0.25) is 5.04 Å². The number of anilines is 1. The van der Waals surface area contributed by atoms with Crippen LogP contribution in [0.1, 0.15) is 122 Å². The third kappa shape index (κ3) is 12.4. The SMILES string of the molecule is Cc1nc2cc(C=CCc3cc(F)c(F)cc3OCc3ccccc3)nn2c(N2CCC(C)(OCCCC[C@@H](C)O[Si](c3ccccc3)(c3ccccc3)C(C)(C)C)CC2)c1C(OC(C)(C)C)C(=O)O. The Balaban J connectivity index is 1.05. The number of allylic oxidation sites excluding steroid dienone is 1. The van der Waals surface area contributed by atoms with Gasteiger partial charge in [-0.15, -0.1) is 0 Å². The van der Waals surface area contributed by atoms with Crippen molar-refractivity contribution in [1.82, 2.24) is 14.6 Å². The van der Waals surface area contributed by atoms with Gasteiger partial charge in [-0.05, 0) is 113 Å². The van der Waals surface area contributed by atoms with Gasteiger partial charge in [-0.3, -0.25) is 0 Å². The molecule has 0 spiro atoms. The smallest absolute Gasteiger partial charge is 0.337 e. The van der Waals surface area contributed by atoms with Gasteiger partial charge in [0.05, 0.1) is 22.5 Å². The number of fused-ring (bicyclic) bond motifs is 1. The second-order valence-electron chi connectivity index (χ2n) is 20.8. The Labute approximate surface area is 413 Å². The monoisotopic (exact) mass is 973 g/mol. The third-order valence-corrected chi connectivity index (χ3v) is 18.3. The van der Waals surface area contributed by atoms with E-state index >= 15 is 0 Å². The first-order valence-electron chi connectivity index (χ1n) is 24.6. The number of carboxylic acid groups (broad SMARTS) is 1. The maximum Gasteiger partial charge on any atom is 0.337 e. The van der Waals surface area contributed by atoms with Crippen molar-refractivity contribution in [2.75, 3.05) is 24.6 Å². The van der Waals surface area contributed by atoms with E-state index in [0.29, 0.717) is 66.5 Å². The van der Waals surface area contributed by atoms with Crippen molar-refractivity contribution in [3.63, 3.8) is 0 Å². The number of ether oxygens (including phenoxy) is 3. The summed E-state index contributed by atoms with van der Waals surface area (Å²) >= 11 is 0. The van der Waals surface area contributed by atoms with Crippen LogP contribution in [0, 0.1) is 18.6 Å². The molecule has 7 rings (SSSR count). The number of carboxylic acids is 1. The molecule has 1 fully saturated rings. The number of benzene rings is 4. The van der Waals surface area contributed by atoms with Crippen LogP contribution in [0.4, 0.5) is 14.6 Å². The Kier molecular flexibility index (Phi) is 16.5. The Morgan fingerprint density at radius 1 is 0.871 bits per heavy atom. The van der Waals surface area contributed by atoms with Crippen LogP contribution >= 0.6 is 0 Å². The molecular weight excluding hydrogens is 903 g/mol. The molecule has 372 valence electrons. The Hall–Kier alpha value is -5.73. The molecule has 1 N–H and O–H groups in total. The average Bonchev–Trinajstić information content (AvgIpc) is 3.72. The molecule has 13 heteroatoms. The van der Waals surface area contributed by atoms with Crippen molar-refractivity contribution in [3.8, 4) is 5.75 Å². The quantitative estimate of drug-likeness (QED) is 0.0591. The molecule has 0 bridgehead atoms. The normalized spacial score (nSPS) is 15.4. The lowest BCUT2D eigenvalue weighted by Gasteiger charge is -2.44. The van der Waals surface area contributed by atoms with E-state index in [0.717, 1.165) is 37.0 Å². The zero-order valence-corrected chi connectivity index (χ0v) is 43.3. The number of aromatic nitrogens is 3. The topological polar surface area (TPSA) is 108 Å². The standard InChI is InChI=1S/C57H70F2N4O6Si/c1-40(69-70(56(6,7)8,45-27-15-11-16-28-45)46-29-17-12-18-30-46)22-19-20-35-67-57(9)31-33-62(34-32-57)53-51(52(54(64)65)68-55(3,4)5)41(2)60-50-37-44(61-63(50)53)26-21-25-43-36-47(58)48(59)38-49(43)66-39-42-23-13-10-14-24-42/h10-18,21,23-24,26-30,36-38,40,52H,19-20,22,25,31-35,39H2,1-9H3,(H,64,65)/t40-,52?/m1/s1. The zero-order chi connectivity index (χ0) is 50.3. The van der Waals surface area contributed by atoms with E-state index in [-0.39, 0.29) is 35.5 Å². The number of carbonyl (C=O) groups is 1. The molecule has 3 heterocycles. The molecule has 1 aliphatic rings. The van der Waals surface area contributed by atoms with Gasteiger partial charge >= 0.3 is 5.97 Å². The number of aliphatic carboxylic acids is 1. The second kappa shape index (κ2) is 22.1. The van der Waals surface area contributed by atoms with E-state index in [1.54, 1.807) is 17.5 Å². The highest BCUT2D eigenvalue weighted by atomic mass is 28.4. The van der Waals surface area contributed by atoms with Gasteiger partial charge in [0.25, 0.3) is 8.32 Å². The van der Waals surface area contributed by atoms with Crippen molar-refractivity contribution in [2.45, 2.75) is 136 Å². The maximum absolute atomic E-state index is 14.5. The molecule has 4 aromatic carbocycles. The zero-order valence-electron chi connectivity index (χ0n) is 42.3. The number of aryl methyl sites for hydroxylation is 1. The lowest BCUT2D eigenvalue weighted by Crippen LogP contribution is -2.67. The first-order valence-corrected chi connectivity index (χ1v) is 26.5. The summed E-state index contributed by atoms with van der Waals surface area (Å²) in [7, 11) is -2.66. The fraction of sp³-hybridized carbons (Fsp3) is 0.421. The number of piperidine rings is 1. The lowest BCUT2D eigenvalue weighted by molar-refractivity contribution is -0.160. The molecule has 10 nitrogen and oxygen atoms in total. The minimum Gasteiger partial charge on any atom is -0.489 e. The first kappa shape index (κ1) is 52.1. The van der Waals surface area contributed by atoms with Gasteiger partial charge in [-0.1, -0.05) is 118 Å². The highest BCUT2D eigenvalue weighted by molar-refractivity contribution is 6.99. The molecule has 1 unspecified atom stereocenters. The molecule has 0 radical (unpaired) electrons. The van der Waals surface area contributed by atoms with E-state index in [1.165, 1.54) is 10.4 Å². The summed E-state index contributed by atoms with van der Waals surface area (Å²) in [6.07, 6.45) is 6.76. The first-order chi connectivity index (χ1) is 33.3. The predicted octanol–water partition coefficient (Wildman–Crippen LogP) is 11.6. The highest BCUT2D eigenvalue weighted by Gasteiger charge is 2.51. The molecule has 1 saturated heterocycles. The van der Waals surface area contributed by atoms with Crippen LogP contribution in [0.3, 0.4) is 0 Å². The predicted molar refractivity (Wildman–Crippen MR) is 277 cm³/mol. The van der Waals surface area contributed by atoms with E-state index in [9.17, 15) is 18.7 Å². The van der Waals surface area contributed by atoms with Gasteiger partial charge < -0.3 is 28.6 Å². The van der Waals surface area contributed by atoms with Crippen LogP contribution in [0.5, 0.6) is 5.75 Å². The van der Waals surface area contributed by atoms with Crippen molar-refractivity contribution in [2.24, 2.45) is 0 Å². The number of nitrogens with zero attached hydrogens (tertiary/aromatic N) is 4. The molecule has 6 aromatic rings. The number of rotatable bonds is 20. The molecule has 0 aliphatic carbocycles. The molecule has 0 saturated carbocycles. The van der Waals surface area contributed by atoms with Crippen LogP contribution in [0.25, 0.3) is 11.7 Å². The molecule has 1 aliphatic heterocycles. The molecule has 0 amide bonds. The van der Waals surface area contributed by atoms with Gasteiger partial charge in [0.15, 0.2) is 23.4 Å². The highest BCUT2D eigenvalue weighted by Crippen LogP contribution is 2.40. The summed E-state index contributed by atoms with van der Waals surface area (Å²) < 4.78 is 56.8. The Morgan fingerprint density at radius 2 is 1.47 bits per heavy atom. The van der Waals surface area contributed by atoms with Crippen LogP contribution < -0.4 is 20.0 Å². The van der Waals surface area contributed by atoms with Gasteiger partial charge in [-0.2, -0.15) is 9.61 Å². The van der Waals surface area contributed by atoms with Gasteiger partial charge in [0.2, 0.25) is 0 Å². The Bertz CT molecular complexity index is 2670. The van der Waals surface area contributed by atoms with E-state index in [4.69, 9.17) is 28.7 Å². The molecule has 2 atom stereocenters. The fourth-order valence-electron chi connectivity index (χ4n) is 9.56. The van der Waals surface area contributed by atoms with E-state index < -0.39 is 37.6 Å². The third-order valence-electron chi connectivity index (χ3n) is 13.1. The molecule has 2 aromatic heterocycles. The summed E-state index contributed by atoms with van der Waals surface area (Å²) in [5.41, 5.74) is 2.27. The second-order valence-corrected chi connectivity index (χ2v) is 25.1. The average molecular weight is 973 g/mol. The molecular formula is C57H70F2N4O6Si. The lowest BCUT2D eigenvalue weighted by atomic mass is 9.92. The van der Waals surface area contributed by atoms with Gasteiger partial charge in [0, 0.05) is 49.2 Å². The minimum absolute atomic E-state index is 0.0483. The van der Waals surface area contributed by atoms with Gasteiger partial charge in [0.1, 0.15) is 18.2 Å². The summed E-state index contributed by atoms with van der Waals surface area (Å²) in [5, 5.41) is 18.1. The van der Waals surface area contributed by atoms with Crippen molar-refractivity contribution >= 4 is 42.2 Å². The summed E-state index contributed by atoms with van der Waals surface area (Å²) in [5.74, 6) is -2.22. The van der Waals surface area contributed by atoms with Crippen molar-refractivity contribution < 1.29 is 37.3 Å². The summed E-state index contributed by atoms with van der Waals surface area (Å²) in [6.45, 7) is 20.6. The van der Waals surface area contributed by atoms with Crippen LogP contribution in [0.15, 0.2) is 115 Å². The Morgan fingerprint density at radius 3 is 2.06 bits per heavy atom. The summed E-state index contributed by atoms with van der Waals surface area (Å²) in [6, 6.07) is 35.1. The number of halogens is 2. The fourth-order valence-corrected chi connectivity index (χ4v) is 14.3. The minimum atomic E-state index is -2.66. The number of unbranched alkanes of at least 4 members (excludes halogenated alkanes) is 1. The largest absolute Gasteiger partial charge is 0.489 e. The van der Waals surface area contributed by atoms with Gasteiger partial charge in [-0.25, -0.2) is 18.6 Å². The van der Waals surface area contributed by atoms with Crippen LogP contribution in [-0.4, -0.2) is 71.0 Å². The maximum atomic E-state index is 14.5. The van der Waals surface area contributed by atoms with E-state index in [1.807, 2.05) is 63.2 Å². The van der Waals surface area contributed by atoms with Crippen molar-refractivity contribution in [1.29, 1.82) is 0 Å². The van der Waals surface area contributed by atoms with Crippen LogP contribution in [-0.2, 0) is 31.7 Å². The molecule has 70 heavy (non-hydrogen) atoms.